The van der Waals surface area contributed by atoms with Gasteiger partial charge in [-0.1, -0.05) is 42.5 Å². The minimum Gasteiger partial charge on any atom is -0.467 e. The maximum absolute atomic E-state index is 13.1. The highest BCUT2D eigenvalue weighted by Gasteiger charge is 2.14. The zero-order chi connectivity index (χ0) is 21.8. The van der Waals surface area contributed by atoms with Crippen LogP contribution in [0.1, 0.15) is 21.8 Å². The maximum Gasteiger partial charge on any atom is 0.329 e. The molecule has 2 N–H and O–H groups in total. The number of carbonyl (C=O) groups is 1. The first kappa shape index (κ1) is 20.1. The van der Waals surface area contributed by atoms with Crippen molar-refractivity contribution in [2.24, 2.45) is 0 Å². The molecule has 0 radical (unpaired) electrons. The summed E-state index contributed by atoms with van der Waals surface area (Å²) in [6.45, 7) is 0.123. The zero-order valence-electron chi connectivity index (χ0n) is 16.3. The van der Waals surface area contributed by atoms with Gasteiger partial charge < -0.3 is 14.7 Å². The highest BCUT2D eigenvalue weighted by molar-refractivity contribution is 5.92. The summed E-state index contributed by atoms with van der Waals surface area (Å²) in [6, 6.07) is 17.7. The number of furan rings is 1. The molecule has 0 aliphatic heterocycles. The van der Waals surface area contributed by atoms with Gasteiger partial charge in [0.2, 0.25) is 0 Å². The van der Waals surface area contributed by atoms with Crippen LogP contribution in [0.15, 0.2) is 87.0 Å². The second-order valence-corrected chi connectivity index (χ2v) is 6.85. The predicted octanol–water partition coefficient (Wildman–Crippen LogP) is 2.91. The third kappa shape index (κ3) is 4.53. The lowest BCUT2D eigenvalue weighted by atomic mass is 10.1. The highest BCUT2D eigenvalue weighted by atomic mass is 19.1. The van der Waals surface area contributed by atoms with Gasteiger partial charge in [-0.25, -0.2) is 9.18 Å². The number of nitrogens with zero attached hydrogens (tertiary/aromatic N) is 1. The van der Waals surface area contributed by atoms with Crippen molar-refractivity contribution in [2.75, 3.05) is 0 Å². The molecule has 0 saturated carbocycles. The largest absolute Gasteiger partial charge is 0.467 e. The van der Waals surface area contributed by atoms with Crippen LogP contribution in [0, 0.1) is 5.82 Å². The van der Waals surface area contributed by atoms with Gasteiger partial charge >= 0.3 is 5.69 Å². The lowest BCUT2D eigenvalue weighted by Gasteiger charge is -2.08. The van der Waals surface area contributed by atoms with Gasteiger partial charge in [0.15, 0.2) is 0 Å². The first-order valence-electron chi connectivity index (χ1n) is 9.50. The number of rotatable bonds is 6. The molecule has 2 heterocycles. The normalized spacial score (nSPS) is 10.7. The average Bonchev–Trinajstić information content (AvgIpc) is 3.24. The fourth-order valence-electron chi connectivity index (χ4n) is 3.18. The second kappa shape index (κ2) is 8.66. The smallest absolute Gasteiger partial charge is 0.329 e. The van der Waals surface area contributed by atoms with Crippen LogP contribution in [0.4, 0.5) is 4.39 Å². The minimum atomic E-state index is -0.675. The first-order chi connectivity index (χ1) is 15.0. The molecule has 0 aliphatic carbocycles. The Labute approximate surface area is 175 Å². The van der Waals surface area contributed by atoms with Gasteiger partial charge in [0.25, 0.3) is 11.5 Å². The minimum absolute atomic E-state index is 0.0215. The topological polar surface area (TPSA) is 97.1 Å². The number of benzene rings is 2. The molecule has 0 unspecified atom stereocenters. The molecule has 31 heavy (non-hydrogen) atoms. The van der Waals surface area contributed by atoms with E-state index in [0.29, 0.717) is 11.3 Å². The summed E-state index contributed by atoms with van der Waals surface area (Å²) in [5.74, 6) is -0.518. The first-order valence-corrected chi connectivity index (χ1v) is 9.50. The van der Waals surface area contributed by atoms with E-state index >= 15 is 0 Å². The second-order valence-electron chi connectivity index (χ2n) is 6.85. The molecule has 0 bridgehead atoms. The van der Waals surface area contributed by atoms with E-state index in [0.717, 1.165) is 21.8 Å². The van der Waals surface area contributed by atoms with Crippen LogP contribution in [0.5, 0.6) is 0 Å². The lowest BCUT2D eigenvalue weighted by molar-refractivity contribution is 0.0942. The summed E-state index contributed by atoms with van der Waals surface area (Å²) in [5, 5.41) is 2.62. The van der Waals surface area contributed by atoms with E-state index in [2.05, 4.69) is 10.3 Å². The van der Waals surface area contributed by atoms with Crippen molar-refractivity contribution in [3.63, 3.8) is 0 Å². The van der Waals surface area contributed by atoms with Gasteiger partial charge in [-0.15, -0.1) is 0 Å². The third-order valence-corrected chi connectivity index (χ3v) is 4.76. The Morgan fingerprint density at radius 1 is 1.03 bits per heavy atom. The van der Waals surface area contributed by atoms with Crippen LogP contribution in [-0.4, -0.2) is 15.5 Å². The van der Waals surface area contributed by atoms with Gasteiger partial charge in [-0.2, -0.15) is 0 Å². The number of hydrogen-bond donors (Lipinski definition) is 2. The maximum atomic E-state index is 13.1. The number of carbonyl (C=O) groups excluding carboxylic acids is 1. The van der Waals surface area contributed by atoms with E-state index in [1.165, 1.54) is 18.4 Å². The highest BCUT2D eigenvalue weighted by Crippen LogP contribution is 2.25. The summed E-state index contributed by atoms with van der Waals surface area (Å²) < 4.78 is 19.6. The molecular formula is C23H18FN3O4. The number of halogens is 1. The predicted molar refractivity (Wildman–Crippen MR) is 112 cm³/mol. The van der Waals surface area contributed by atoms with Gasteiger partial charge in [0, 0.05) is 11.6 Å². The Kier molecular flexibility index (Phi) is 5.61. The van der Waals surface area contributed by atoms with E-state index in [1.807, 2.05) is 18.2 Å². The van der Waals surface area contributed by atoms with E-state index in [4.69, 9.17) is 4.42 Å². The molecule has 1 amide bonds. The summed E-state index contributed by atoms with van der Waals surface area (Å²) in [6.07, 6.45) is 1.47. The monoisotopic (exact) mass is 419 g/mol. The molecule has 4 rings (SSSR count). The molecule has 0 saturated heterocycles. The SMILES string of the molecule is O=C(NCc1occc1-c1ccc(F)cc1)c1cc(=O)n(Cc2ccccc2)c(=O)[nH]1. The van der Waals surface area contributed by atoms with Crippen molar-refractivity contribution in [3.05, 3.63) is 117 Å². The number of hydrogen-bond acceptors (Lipinski definition) is 4. The van der Waals surface area contributed by atoms with E-state index in [-0.39, 0.29) is 24.6 Å². The zero-order valence-corrected chi connectivity index (χ0v) is 16.3. The van der Waals surface area contributed by atoms with Gasteiger partial charge in [0.1, 0.15) is 17.3 Å². The Balaban J connectivity index is 1.49. The van der Waals surface area contributed by atoms with E-state index in [1.54, 1.807) is 30.3 Å². The van der Waals surface area contributed by atoms with Crippen molar-refractivity contribution in [1.82, 2.24) is 14.9 Å². The lowest BCUT2D eigenvalue weighted by Crippen LogP contribution is -2.38. The van der Waals surface area contributed by atoms with Crippen LogP contribution in [0.25, 0.3) is 11.1 Å². The number of H-pyrrole nitrogens is 1. The van der Waals surface area contributed by atoms with E-state index in [9.17, 15) is 18.8 Å². The van der Waals surface area contributed by atoms with Crippen molar-refractivity contribution in [3.8, 4) is 11.1 Å². The number of nitrogens with one attached hydrogen (secondary N) is 2. The number of aromatic amines is 1. The van der Waals surface area contributed by atoms with Crippen molar-refractivity contribution >= 4 is 5.91 Å². The Bertz CT molecular complexity index is 1290. The van der Waals surface area contributed by atoms with Crippen molar-refractivity contribution in [1.29, 1.82) is 0 Å². The quantitative estimate of drug-likeness (QED) is 0.502. The summed E-state index contributed by atoms with van der Waals surface area (Å²) >= 11 is 0. The Hall–Kier alpha value is -4.20. The average molecular weight is 419 g/mol. The van der Waals surface area contributed by atoms with Crippen LogP contribution < -0.4 is 16.6 Å². The molecule has 8 heteroatoms. The summed E-state index contributed by atoms with van der Waals surface area (Å²) in [5.41, 5.74) is 0.824. The molecule has 2 aromatic heterocycles. The summed E-state index contributed by atoms with van der Waals surface area (Å²) in [4.78, 5) is 39.7. The standard InChI is InChI=1S/C23H18FN3O4/c24-17-8-6-16(7-9-17)18-10-11-31-20(18)13-25-22(29)19-12-21(28)27(23(30)26-19)14-15-4-2-1-3-5-15/h1-12H,13-14H2,(H,25,29)(H,26,30). The third-order valence-electron chi connectivity index (χ3n) is 4.76. The molecule has 2 aromatic carbocycles. The van der Waals surface area contributed by atoms with Crippen molar-refractivity contribution < 1.29 is 13.6 Å². The molecule has 0 spiro atoms. The van der Waals surface area contributed by atoms with Crippen molar-refractivity contribution in [2.45, 2.75) is 13.1 Å². The number of amides is 1. The van der Waals surface area contributed by atoms with Crippen LogP contribution >= 0.6 is 0 Å². The molecule has 0 atom stereocenters. The van der Waals surface area contributed by atoms with Gasteiger partial charge in [-0.05, 0) is 29.3 Å². The van der Waals surface area contributed by atoms with Crippen LogP contribution in [0.2, 0.25) is 0 Å². The van der Waals surface area contributed by atoms with Gasteiger partial charge in [-0.3, -0.25) is 14.2 Å². The molecule has 156 valence electrons. The Morgan fingerprint density at radius 3 is 2.48 bits per heavy atom. The molecule has 0 fully saturated rings. The van der Waals surface area contributed by atoms with Gasteiger partial charge in [0.05, 0.1) is 19.4 Å². The van der Waals surface area contributed by atoms with Crippen LogP contribution in [0.3, 0.4) is 0 Å². The van der Waals surface area contributed by atoms with Crippen LogP contribution in [-0.2, 0) is 13.1 Å². The molecular weight excluding hydrogens is 401 g/mol. The molecule has 4 aromatic rings. The summed E-state index contributed by atoms with van der Waals surface area (Å²) in [7, 11) is 0. The fraction of sp³-hybridized carbons (Fsp3) is 0.0870. The Morgan fingerprint density at radius 2 is 1.77 bits per heavy atom. The number of aromatic nitrogens is 2. The molecule has 0 aliphatic rings. The molecule has 7 nitrogen and oxygen atoms in total. The van der Waals surface area contributed by atoms with E-state index < -0.39 is 17.2 Å². The fourth-order valence-corrected chi connectivity index (χ4v) is 3.18.